The van der Waals surface area contributed by atoms with Gasteiger partial charge in [0.15, 0.2) is 0 Å². The van der Waals surface area contributed by atoms with E-state index in [1.165, 1.54) is 0 Å². The molecule has 0 aliphatic carbocycles. The van der Waals surface area contributed by atoms with Gasteiger partial charge < -0.3 is 20.5 Å². The molecule has 51 heavy (non-hydrogen) atoms. The fourth-order valence-electron chi connectivity index (χ4n) is 4.90. The molecule has 2 aromatic rings. The van der Waals surface area contributed by atoms with E-state index >= 15 is 0 Å². The summed E-state index contributed by atoms with van der Waals surface area (Å²) in [6, 6.07) is 6.71. The van der Waals surface area contributed by atoms with Gasteiger partial charge in [0, 0.05) is 26.6 Å². The van der Waals surface area contributed by atoms with Crippen LogP contribution in [0.4, 0.5) is 0 Å². The summed E-state index contributed by atoms with van der Waals surface area (Å²) in [6.45, 7) is 21.6. The molecule has 0 bridgehead atoms. The highest BCUT2D eigenvalue weighted by molar-refractivity contribution is 6.64. The number of aliphatic hydroxyl groups is 1. The Hall–Kier alpha value is -2.75. The molecule has 0 aromatic heterocycles. The average Bonchev–Trinajstić information content (AvgIpc) is 3.31. The number of aryl methyl sites for hydroxylation is 2. The van der Waals surface area contributed by atoms with Gasteiger partial charge in [-0.3, -0.25) is 19.2 Å². The number of nitrogens with one attached hydrogen (secondary N) is 2. The minimum absolute atomic E-state index is 0.0106. The first kappa shape index (κ1) is 44.4. The molecule has 2 aromatic carbocycles. The number of esters is 1. The van der Waals surface area contributed by atoms with Crippen LogP contribution >= 0.6 is 58.0 Å². The zero-order valence-electron chi connectivity index (χ0n) is 31.1. The highest BCUT2D eigenvalue weighted by atomic mass is 35.5. The van der Waals surface area contributed by atoms with Gasteiger partial charge in [-0.05, 0) is 108 Å². The Labute approximate surface area is 326 Å². The van der Waals surface area contributed by atoms with E-state index < -0.39 is 22.5 Å². The van der Waals surface area contributed by atoms with Crippen molar-refractivity contribution >= 4 is 92.2 Å². The minimum Gasteiger partial charge on any atom is -0.509 e. The number of carbonyl (C=O) groups is 4. The van der Waals surface area contributed by atoms with Crippen LogP contribution < -0.4 is 10.6 Å². The second kappa shape index (κ2) is 16.5. The molecule has 2 heterocycles. The van der Waals surface area contributed by atoms with Gasteiger partial charge in [-0.25, -0.2) is 0 Å². The molecular formula is C38H47Cl5N2O6. The van der Waals surface area contributed by atoms with Crippen LogP contribution in [0.15, 0.2) is 35.8 Å². The van der Waals surface area contributed by atoms with Crippen LogP contribution in [0, 0.1) is 10.8 Å². The first-order valence-corrected chi connectivity index (χ1v) is 18.2. The van der Waals surface area contributed by atoms with Gasteiger partial charge >= 0.3 is 5.97 Å². The van der Waals surface area contributed by atoms with Gasteiger partial charge in [0.05, 0.1) is 37.7 Å². The molecule has 3 N–H and O–H groups in total. The lowest BCUT2D eigenvalue weighted by Gasteiger charge is -2.25. The number of benzene rings is 2. The maximum absolute atomic E-state index is 12.7. The van der Waals surface area contributed by atoms with Crippen LogP contribution in [-0.4, -0.2) is 39.2 Å². The minimum atomic E-state index is -0.818. The molecule has 280 valence electrons. The van der Waals surface area contributed by atoms with E-state index in [9.17, 15) is 24.3 Å². The van der Waals surface area contributed by atoms with E-state index in [4.69, 9.17) is 62.7 Å². The molecule has 2 aliphatic heterocycles. The van der Waals surface area contributed by atoms with Crippen molar-refractivity contribution in [2.24, 2.45) is 10.8 Å². The SMILES string of the molecule is CC(C)(C)C(=O)Cl.CCc1cc(Cl)cc(Cl)c1C1=C(O)C(C)(C)NC1=O.CCc1cc(Cl)cc(Cl)c1C1=C(OC(=O)C(C)(C)C)C(C)(C)NC1=O. The maximum Gasteiger partial charge on any atom is 0.316 e. The summed E-state index contributed by atoms with van der Waals surface area (Å²) < 4.78 is 5.68. The van der Waals surface area contributed by atoms with Gasteiger partial charge in [0.2, 0.25) is 5.24 Å². The summed E-state index contributed by atoms with van der Waals surface area (Å²) >= 11 is 29.8. The van der Waals surface area contributed by atoms with Gasteiger partial charge in [-0.1, -0.05) is 81.0 Å². The van der Waals surface area contributed by atoms with Crippen LogP contribution in [-0.2, 0) is 36.8 Å². The van der Waals surface area contributed by atoms with Crippen molar-refractivity contribution in [3.8, 4) is 0 Å². The number of rotatable bonds is 5. The number of carbonyl (C=O) groups excluding carboxylic acids is 4. The van der Waals surface area contributed by atoms with Crippen LogP contribution in [0.25, 0.3) is 11.1 Å². The Morgan fingerprint density at radius 1 is 0.706 bits per heavy atom. The Bertz CT molecular complexity index is 1800. The largest absolute Gasteiger partial charge is 0.509 e. The Morgan fingerprint density at radius 2 is 1.08 bits per heavy atom. The molecule has 2 aliphatic rings. The highest BCUT2D eigenvalue weighted by Gasteiger charge is 2.44. The third-order valence-electron chi connectivity index (χ3n) is 7.86. The molecule has 13 heteroatoms. The van der Waals surface area contributed by atoms with Crippen molar-refractivity contribution in [1.29, 1.82) is 0 Å². The lowest BCUT2D eigenvalue weighted by Crippen LogP contribution is -2.40. The summed E-state index contributed by atoms with van der Waals surface area (Å²) in [6.07, 6.45) is 1.30. The lowest BCUT2D eigenvalue weighted by atomic mass is 9.93. The van der Waals surface area contributed by atoms with Gasteiger partial charge in [-0.2, -0.15) is 0 Å². The van der Waals surface area contributed by atoms with Gasteiger partial charge in [-0.15, -0.1) is 0 Å². The quantitative estimate of drug-likeness (QED) is 0.204. The van der Waals surface area contributed by atoms with Crippen molar-refractivity contribution in [1.82, 2.24) is 10.6 Å². The molecule has 0 radical (unpaired) electrons. The van der Waals surface area contributed by atoms with Crippen molar-refractivity contribution in [3.63, 3.8) is 0 Å². The van der Waals surface area contributed by atoms with Crippen LogP contribution in [0.2, 0.25) is 20.1 Å². The standard InChI is InChI=1S/C19H23Cl2NO3.C14H15Cl2NO2.C5H9ClO/c1-7-10-8-11(20)9-12(21)13(10)14-15(19(5,6)22-16(14)23)25-17(24)18(2,3)4;1-4-7-5-8(15)6-9(16)10(7)11-12(18)14(2,3)17-13(11)19;1-5(2,3)4(6)7/h8-9H,7H2,1-6H3,(H,22,23);5-6,18H,4H2,1-3H3,(H,17,19);1-3H3. The average molecular weight is 805 g/mol. The fourth-order valence-corrected chi connectivity index (χ4v) is 6.16. The van der Waals surface area contributed by atoms with E-state index in [-0.39, 0.29) is 39.6 Å². The summed E-state index contributed by atoms with van der Waals surface area (Å²) in [7, 11) is 0. The van der Waals surface area contributed by atoms with E-state index in [1.54, 1.807) is 93.5 Å². The predicted molar refractivity (Wildman–Crippen MR) is 208 cm³/mol. The Kier molecular flexibility index (Phi) is 14.4. The number of hydrogen-bond donors (Lipinski definition) is 3. The summed E-state index contributed by atoms with van der Waals surface area (Å²) in [5.74, 6) is -0.748. The summed E-state index contributed by atoms with van der Waals surface area (Å²) in [5, 5.41) is 17.3. The Balaban J connectivity index is 0.000000305. The smallest absolute Gasteiger partial charge is 0.316 e. The van der Waals surface area contributed by atoms with Crippen molar-refractivity contribution in [2.45, 2.75) is 107 Å². The number of aliphatic hydroxyl groups excluding tert-OH is 1. The topological polar surface area (TPSA) is 122 Å². The van der Waals surface area contributed by atoms with Gasteiger partial charge in [0.1, 0.15) is 11.5 Å². The van der Waals surface area contributed by atoms with Crippen LogP contribution in [0.1, 0.15) is 105 Å². The van der Waals surface area contributed by atoms with E-state index in [0.29, 0.717) is 49.6 Å². The predicted octanol–water partition coefficient (Wildman–Crippen LogP) is 10.3. The molecule has 0 atom stereocenters. The third kappa shape index (κ3) is 10.7. The number of hydrogen-bond acceptors (Lipinski definition) is 6. The molecule has 4 rings (SSSR count). The molecule has 0 saturated heterocycles. The van der Waals surface area contributed by atoms with Crippen LogP contribution in [0.5, 0.6) is 0 Å². The number of amides is 2. The van der Waals surface area contributed by atoms with Crippen molar-refractivity contribution in [3.05, 3.63) is 78.1 Å². The van der Waals surface area contributed by atoms with E-state index in [2.05, 4.69) is 10.6 Å². The molecular weight excluding hydrogens is 758 g/mol. The molecule has 0 fully saturated rings. The number of halogens is 5. The lowest BCUT2D eigenvalue weighted by molar-refractivity contribution is -0.149. The third-order valence-corrected chi connectivity index (χ3v) is 9.46. The second-order valence-electron chi connectivity index (χ2n) is 15.3. The van der Waals surface area contributed by atoms with E-state index in [0.717, 1.165) is 11.1 Å². The first-order valence-electron chi connectivity index (χ1n) is 16.3. The zero-order chi connectivity index (χ0) is 39.6. The Morgan fingerprint density at radius 3 is 1.41 bits per heavy atom. The number of ether oxygens (including phenoxy) is 1. The molecule has 0 saturated carbocycles. The van der Waals surface area contributed by atoms with Crippen molar-refractivity contribution < 1.29 is 29.0 Å². The van der Waals surface area contributed by atoms with Gasteiger partial charge in [0.25, 0.3) is 11.8 Å². The van der Waals surface area contributed by atoms with Crippen LogP contribution in [0.3, 0.4) is 0 Å². The van der Waals surface area contributed by atoms with E-state index in [1.807, 2.05) is 13.8 Å². The highest BCUT2D eigenvalue weighted by Crippen LogP contribution is 2.41. The van der Waals surface area contributed by atoms with Crippen molar-refractivity contribution in [2.75, 3.05) is 0 Å². The molecule has 0 spiro atoms. The first-order chi connectivity index (χ1) is 23.1. The summed E-state index contributed by atoms with van der Waals surface area (Å²) in [4.78, 5) is 47.4. The fraction of sp³-hybridized carbons (Fsp3) is 0.474. The monoisotopic (exact) mass is 802 g/mol. The molecule has 8 nitrogen and oxygen atoms in total. The molecule has 0 unspecified atom stereocenters. The normalized spacial score (nSPS) is 16.5. The summed E-state index contributed by atoms with van der Waals surface area (Å²) in [5.41, 5.74) is 0.657. The maximum atomic E-state index is 12.7. The molecule has 2 amide bonds. The zero-order valence-corrected chi connectivity index (χ0v) is 34.9. The second-order valence-corrected chi connectivity index (χ2v) is 17.3.